The summed E-state index contributed by atoms with van der Waals surface area (Å²) in [5.41, 5.74) is 12.7. The first-order valence-corrected chi connectivity index (χ1v) is 22.2. The summed E-state index contributed by atoms with van der Waals surface area (Å²) < 4.78 is 3.60. The van der Waals surface area contributed by atoms with Crippen LogP contribution in [0.15, 0.2) is 109 Å². The summed E-state index contributed by atoms with van der Waals surface area (Å²) in [6, 6.07) is 30.5. The molecule has 0 unspecified atom stereocenters. The van der Waals surface area contributed by atoms with Gasteiger partial charge in [-0.25, -0.2) is 29.3 Å². The highest BCUT2D eigenvalue weighted by atomic mass is 28.3. The lowest BCUT2D eigenvalue weighted by molar-refractivity contribution is 0.100. The topological polar surface area (TPSA) is 121 Å². The van der Waals surface area contributed by atoms with Crippen LogP contribution in [0.1, 0.15) is 57.3 Å². The fourth-order valence-electron chi connectivity index (χ4n) is 6.27. The molecule has 8 aromatic rings. The van der Waals surface area contributed by atoms with Gasteiger partial charge < -0.3 is 0 Å². The zero-order valence-corrected chi connectivity index (χ0v) is 34.4. The van der Waals surface area contributed by atoms with Crippen molar-refractivity contribution in [1.82, 2.24) is 39.5 Å². The predicted molar refractivity (Wildman–Crippen MR) is 232 cm³/mol. The fourth-order valence-corrected chi connectivity index (χ4v) is 6.78. The Hall–Kier alpha value is -7.34. The minimum absolute atomic E-state index is 0.0596. The van der Waals surface area contributed by atoms with E-state index >= 15 is 0 Å². The molecule has 0 spiro atoms. The largest absolute Gasteiger partial charge is 0.293 e. The Morgan fingerprint density at radius 1 is 0.603 bits per heavy atom. The number of pyridine rings is 4. The average molecular weight is 777 g/mol. The van der Waals surface area contributed by atoms with Crippen LogP contribution in [0.3, 0.4) is 0 Å². The predicted octanol–water partition coefficient (Wildman–Crippen LogP) is 9.20. The lowest BCUT2D eigenvalue weighted by atomic mass is 10.0. The average Bonchev–Trinajstić information content (AvgIpc) is 3.85. The standard InChI is InChI=1S/C25H24N4OSi.C22H16N4O/c1-17-8-6-11-25(27-17)29-24-15-20(23-10-7-9-22(28-23)18(2)30)14-19(21(24)16-26-29)12-13-31(3,4)5;1-4-16-11-17(20-9-6-8-19(25-20)15(3)27)12-21-18(16)13-23-26(21)22-10-5-7-14(2)24-22/h6-11,14-16H,1-5H3;1,5-13H,2-3H3. The van der Waals surface area contributed by atoms with Crippen LogP contribution in [0.4, 0.5) is 0 Å². The number of benzene rings is 2. The maximum absolute atomic E-state index is 11.8. The molecule has 0 aliphatic heterocycles. The molecule has 8 rings (SSSR count). The van der Waals surface area contributed by atoms with E-state index in [0.717, 1.165) is 72.8 Å². The number of rotatable bonds is 6. The molecule has 0 radical (unpaired) electrons. The third-order valence-corrected chi connectivity index (χ3v) is 9.97. The van der Waals surface area contributed by atoms with Crippen molar-refractivity contribution in [2.45, 2.75) is 47.3 Å². The van der Waals surface area contributed by atoms with Gasteiger partial charge in [0, 0.05) is 58.3 Å². The number of carbonyl (C=O) groups excluding carboxylic acids is 2. The van der Waals surface area contributed by atoms with Gasteiger partial charge in [-0.05, 0) is 86.6 Å². The summed E-state index contributed by atoms with van der Waals surface area (Å²) in [4.78, 5) is 41.7. The van der Waals surface area contributed by atoms with Gasteiger partial charge in [-0.15, -0.1) is 12.0 Å². The van der Waals surface area contributed by atoms with Gasteiger partial charge in [0.05, 0.1) is 34.8 Å². The summed E-state index contributed by atoms with van der Waals surface area (Å²) in [7, 11) is -1.57. The monoisotopic (exact) mass is 776 g/mol. The maximum atomic E-state index is 11.8. The lowest BCUT2D eigenvalue weighted by Crippen LogP contribution is -2.16. The van der Waals surface area contributed by atoms with Crippen molar-refractivity contribution >= 4 is 41.4 Å². The maximum Gasteiger partial charge on any atom is 0.178 e. The van der Waals surface area contributed by atoms with Gasteiger partial charge in [0.1, 0.15) is 19.5 Å². The highest BCUT2D eigenvalue weighted by Crippen LogP contribution is 2.30. The first-order valence-electron chi connectivity index (χ1n) is 18.7. The number of aryl methyl sites for hydroxylation is 2. The number of carbonyl (C=O) groups is 2. The quantitative estimate of drug-likeness (QED) is 0.0932. The highest BCUT2D eigenvalue weighted by Gasteiger charge is 2.16. The van der Waals surface area contributed by atoms with Crippen LogP contribution in [0, 0.1) is 37.7 Å². The van der Waals surface area contributed by atoms with Crippen molar-refractivity contribution in [3.63, 3.8) is 0 Å². The van der Waals surface area contributed by atoms with Crippen LogP contribution in [0.5, 0.6) is 0 Å². The normalized spacial score (nSPS) is 11.0. The Morgan fingerprint density at radius 3 is 1.48 bits per heavy atom. The number of aromatic nitrogens is 8. The number of hydrogen-bond acceptors (Lipinski definition) is 8. The van der Waals surface area contributed by atoms with E-state index in [1.54, 1.807) is 23.0 Å². The summed E-state index contributed by atoms with van der Waals surface area (Å²) in [5, 5.41) is 10.9. The van der Waals surface area contributed by atoms with Crippen molar-refractivity contribution in [1.29, 1.82) is 0 Å². The highest BCUT2D eigenvalue weighted by molar-refractivity contribution is 6.83. The summed E-state index contributed by atoms with van der Waals surface area (Å²) >= 11 is 0. The van der Waals surface area contributed by atoms with E-state index in [-0.39, 0.29) is 11.6 Å². The number of fused-ring (bicyclic) bond motifs is 2. The number of Topliss-reactive ketones (excluding diaryl/α,β-unsaturated/α-hetero) is 2. The van der Waals surface area contributed by atoms with Crippen LogP contribution >= 0.6 is 0 Å². The fraction of sp³-hybridized carbons (Fsp3) is 0.149. The van der Waals surface area contributed by atoms with E-state index in [2.05, 4.69) is 67.2 Å². The van der Waals surface area contributed by atoms with Crippen LogP contribution in [0.25, 0.3) is 56.0 Å². The van der Waals surface area contributed by atoms with E-state index in [1.165, 1.54) is 13.8 Å². The molecule has 6 aromatic heterocycles. The first-order chi connectivity index (χ1) is 27.8. The molecule has 0 amide bonds. The van der Waals surface area contributed by atoms with E-state index in [4.69, 9.17) is 6.42 Å². The molecule has 2 aromatic carbocycles. The second-order valence-corrected chi connectivity index (χ2v) is 19.6. The zero-order chi connectivity index (χ0) is 41.1. The van der Waals surface area contributed by atoms with Crippen molar-refractivity contribution in [3.05, 3.63) is 143 Å². The van der Waals surface area contributed by atoms with Crippen LogP contribution in [-0.4, -0.2) is 59.1 Å². The molecular weight excluding hydrogens is 737 g/mol. The SMILES string of the molecule is C#Cc1cc(-c2cccc(C(C)=O)n2)cc2c1cnn2-c1cccc(C)n1.CC(=O)c1cccc(-c2cc(C#C[Si](C)(C)C)c3cnn(-c4cccc(C)n4)c3c2)n1. The molecule has 6 heterocycles. The van der Waals surface area contributed by atoms with Crippen molar-refractivity contribution in [2.24, 2.45) is 0 Å². The third-order valence-electron chi connectivity index (χ3n) is 9.10. The Balaban J connectivity index is 0.000000178. The van der Waals surface area contributed by atoms with Gasteiger partial charge >= 0.3 is 0 Å². The van der Waals surface area contributed by atoms with Crippen LogP contribution in [0.2, 0.25) is 19.6 Å². The molecule has 0 saturated carbocycles. The summed E-state index contributed by atoms with van der Waals surface area (Å²) in [6.07, 6.45) is 9.33. The Morgan fingerprint density at radius 2 is 1.05 bits per heavy atom. The minimum atomic E-state index is -1.57. The Labute approximate surface area is 338 Å². The number of terminal acetylenes is 1. The molecule has 0 bridgehead atoms. The number of hydrogen-bond donors (Lipinski definition) is 0. The van der Waals surface area contributed by atoms with Gasteiger partial charge in [0.25, 0.3) is 0 Å². The molecule has 10 nitrogen and oxygen atoms in total. The Kier molecular flexibility index (Phi) is 10.7. The summed E-state index contributed by atoms with van der Waals surface area (Å²) in [6.45, 7) is 13.6. The number of nitrogens with zero attached hydrogens (tertiary/aromatic N) is 8. The smallest absolute Gasteiger partial charge is 0.178 e. The molecule has 0 N–H and O–H groups in total. The second kappa shape index (κ2) is 16.0. The molecular formula is C47H40N8O2Si. The van der Waals surface area contributed by atoms with Crippen molar-refractivity contribution in [2.75, 3.05) is 0 Å². The molecule has 0 aliphatic rings. The van der Waals surface area contributed by atoms with Gasteiger partial charge in [-0.3, -0.25) is 9.59 Å². The first kappa shape index (κ1) is 38.9. The van der Waals surface area contributed by atoms with Crippen molar-refractivity contribution < 1.29 is 9.59 Å². The molecule has 0 atom stereocenters. The summed E-state index contributed by atoms with van der Waals surface area (Å²) in [5.74, 6) is 7.45. The van der Waals surface area contributed by atoms with Gasteiger partial charge in [0.2, 0.25) is 0 Å². The van der Waals surface area contributed by atoms with E-state index < -0.39 is 8.07 Å². The van der Waals surface area contributed by atoms with E-state index in [0.29, 0.717) is 17.1 Å². The van der Waals surface area contributed by atoms with Gasteiger partial charge in [-0.1, -0.05) is 55.7 Å². The molecule has 0 aliphatic carbocycles. The van der Waals surface area contributed by atoms with Crippen LogP contribution < -0.4 is 0 Å². The second-order valence-electron chi connectivity index (χ2n) is 14.9. The molecule has 0 saturated heterocycles. The van der Waals surface area contributed by atoms with E-state index in [9.17, 15) is 9.59 Å². The zero-order valence-electron chi connectivity index (χ0n) is 33.4. The minimum Gasteiger partial charge on any atom is -0.293 e. The number of ketones is 2. The molecule has 11 heteroatoms. The van der Waals surface area contributed by atoms with E-state index in [1.807, 2.05) is 110 Å². The third kappa shape index (κ3) is 8.41. The van der Waals surface area contributed by atoms with Gasteiger partial charge in [-0.2, -0.15) is 10.2 Å². The Bertz CT molecular complexity index is 3010. The van der Waals surface area contributed by atoms with Crippen LogP contribution in [-0.2, 0) is 0 Å². The molecule has 0 fully saturated rings. The van der Waals surface area contributed by atoms with Gasteiger partial charge in [0.15, 0.2) is 23.2 Å². The lowest BCUT2D eigenvalue weighted by Gasteiger charge is -2.09. The molecule has 58 heavy (non-hydrogen) atoms. The molecule has 284 valence electrons. The van der Waals surface area contributed by atoms with Crippen molar-refractivity contribution in [3.8, 4) is 58.0 Å².